The Kier molecular flexibility index (Phi) is 37.6. The van der Waals surface area contributed by atoms with Crippen LogP contribution in [0.15, 0.2) is 0 Å². The molecule has 0 aliphatic heterocycles. The van der Waals surface area contributed by atoms with Crippen molar-refractivity contribution in [3.8, 4) is 0 Å². The zero-order chi connectivity index (χ0) is 30.4. The molecule has 8 nitrogen and oxygen atoms in total. The maximum absolute atomic E-state index is 11.8. The van der Waals surface area contributed by atoms with E-state index >= 15 is 0 Å². The Balaban J connectivity index is 3.11. The average molecular weight is 605 g/mol. The number of carbonyl (C=O) groups excluding carboxylic acids is 1. The molecule has 0 fully saturated rings. The third-order valence-corrected chi connectivity index (χ3v) is 6.98. The fraction of sp³-hybridized carbons (Fsp3) is 0.971. The van der Waals surface area contributed by atoms with Crippen LogP contribution in [0, 0.1) is 0 Å². The Bertz CT molecular complexity index is 506. The second-order valence-corrected chi connectivity index (χ2v) is 10.9. The van der Waals surface area contributed by atoms with E-state index in [1.54, 1.807) is 0 Å². The smallest absolute Gasteiger partial charge is 0.305 e. The first-order chi connectivity index (χ1) is 20.8. The summed E-state index contributed by atoms with van der Waals surface area (Å²) >= 11 is 0. The van der Waals surface area contributed by atoms with E-state index in [-0.39, 0.29) is 5.97 Å². The SMILES string of the molecule is CCCCCCCCCCCC(=O)OCCOCCOCCOCCOCCOCCOCCCCCCCCCC. The van der Waals surface area contributed by atoms with Crippen molar-refractivity contribution in [1.29, 1.82) is 0 Å². The van der Waals surface area contributed by atoms with E-state index < -0.39 is 0 Å². The third kappa shape index (κ3) is 37.3. The molecular weight excluding hydrogens is 536 g/mol. The van der Waals surface area contributed by atoms with E-state index in [9.17, 15) is 4.79 Å². The van der Waals surface area contributed by atoms with Crippen LogP contribution in [0.1, 0.15) is 129 Å². The molecule has 0 amide bonds. The van der Waals surface area contributed by atoms with Crippen LogP contribution < -0.4 is 0 Å². The quantitative estimate of drug-likeness (QED) is 0.0527. The molecule has 0 N–H and O–H groups in total. The Hall–Kier alpha value is -0.770. The van der Waals surface area contributed by atoms with Crippen molar-refractivity contribution in [3.05, 3.63) is 0 Å². The Morgan fingerprint density at radius 3 is 1.00 bits per heavy atom. The molecule has 42 heavy (non-hydrogen) atoms. The molecule has 0 bridgehead atoms. The number of carbonyl (C=O) groups is 1. The fourth-order valence-corrected chi connectivity index (χ4v) is 4.41. The van der Waals surface area contributed by atoms with Crippen molar-refractivity contribution in [2.24, 2.45) is 0 Å². The van der Waals surface area contributed by atoms with Crippen LogP contribution >= 0.6 is 0 Å². The molecule has 0 aliphatic carbocycles. The summed E-state index contributed by atoms with van der Waals surface area (Å²) in [6, 6.07) is 0. The Morgan fingerprint density at radius 2 is 0.619 bits per heavy atom. The summed E-state index contributed by atoms with van der Waals surface area (Å²) in [5, 5.41) is 0. The van der Waals surface area contributed by atoms with Crippen LogP contribution in [0.5, 0.6) is 0 Å². The molecule has 0 aliphatic rings. The Morgan fingerprint density at radius 1 is 0.333 bits per heavy atom. The highest BCUT2D eigenvalue weighted by Crippen LogP contribution is 2.11. The predicted molar refractivity (Wildman–Crippen MR) is 170 cm³/mol. The first-order valence-corrected chi connectivity index (χ1v) is 17.4. The molecule has 0 heterocycles. The number of hydrogen-bond donors (Lipinski definition) is 0. The van der Waals surface area contributed by atoms with Gasteiger partial charge in [0.15, 0.2) is 0 Å². The van der Waals surface area contributed by atoms with Gasteiger partial charge in [0.05, 0.1) is 72.7 Å². The first-order valence-electron chi connectivity index (χ1n) is 17.4. The second-order valence-electron chi connectivity index (χ2n) is 10.9. The van der Waals surface area contributed by atoms with E-state index in [2.05, 4.69) is 13.8 Å². The van der Waals surface area contributed by atoms with Gasteiger partial charge in [0, 0.05) is 13.0 Å². The van der Waals surface area contributed by atoms with Crippen molar-refractivity contribution in [2.75, 3.05) is 85.9 Å². The van der Waals surface area contributed by atoms with Crippen LogP contribution in [0.2, 0.25) is 0 Å². The van der Waals surface area contributed by atoms with E-state index in [4.69, 9.17) is 33.2 Å². The lowest BCUT2D eigenvalue weighted by Crippen LogP contribution is -2.15. The maximum atomic E-state index is 11.8. The predicted octanol–water partition coefficient (Wildman–Crippen LogP) is 7.69. The molecule has 8 heteroatoms. The first kappa shape index (κ1) is 41.2. The third-order valence-electron chi connectivity index (χ3n) is 6.98. The highest BCUT2D eigenvalue weighted by molar-refractivity contribution is 5.69. The van der Waals surface area contributed by atoms with Crippen LogP contribution in [-0.2, 0) is 38.0 Å². The molecule has 0 aromatic carbocycles. The van der Waals surface area contributed by atoms with Gasteiger partial charge in [0.25, 0.3) is 0 Å². The monoisotopic (exact) mass is 604 g/mol. The van der Waals surface area contributed by atoms with Gasteiger partial charge in [-0.2, -0.15) is 0 Å². The molecule has 0 aromatic rings. The lowest BCUT2D eigenvalue weighted by Gasteiger charge is -2.08. The summed E-state index contributed by atoms with van der Waals surface area (Å²) in [6.45, 7) is 11.5. The van der Waals surface area contributed by atoms with Crippen molar-refractivity contribution < 1.29 is 38.0 Å². The van der Waals surface area contributed by atoms with Gasteiger partial charge in [0.1, 0.15) is 6.61 Å². The van der Waals surface area contributed by atoms with Gasteiger partial charge in [-0.3, -0.25) is 4.79 Å². The highest BCUT2D eigenvalue weighted by Gasteiger charge is 2.03. The zero-order valence-electron chi connectivity index (χ0n) is 27.7. The topological polar surface area (TPSA) is 81.7 Å². The summed E-state index contributed by atoms with van der Waals surface area (Å²) in [7, 11) is 0. The summed E-state index contributed by atoms with van der Waals surface area (Å²) in [5.41, 5.74) is 0. The summed E-state index contributed by atoms with van der Waals surface area (Å²) < 4.78 is 38.3. The minimum atomic E-state index is -0.124. The standard InChI is InChI=1S/C34H68O8/c1-3-5-7-9-11-13-14-16-18-20-34(35)42-33-32-41-31-30-40-29-28-39-27-26-38-25-24-37-23-22-36-21-19-17-15-12-10-8-6-4-2/h3-33H2,1-2H3. The maximum Gasteiger partial charge on any atom is 0.305 e. The molecule has 0 saturated carbocycles. The van der Waals surface area contributed by atoms with Crippen LogP contribution in [0.3, 0.4) is 0 Å². The van der Waals surface area contributed by atoms with Gasteiger partial charge in [0.2, 0.25) is 0 Å². The van der Waals surface area contributed by atoms with Gasteiger partial charge in [-0.05, 0) is 12.8 Å². The van der Waals surface area contributed by atoms with E-state index in [1.807, 2.05) is 0 Å². The normalized spacial score (nSPS) is 11.4. The van der Waals surface area contributed by atoms with E-state index in [0.29, 0.717) is 85.7 Å². The number of rotatable bonds is 37. The van der Waals surface area contributed by atoms with E-state index in [1.165, 1.54) is 89.9 Å². The minimum Gasteiger partial charge on any atom is -0.463 e. The van der Waals surface area contributed by atoms with Crippen LogP contribution in [0.25, 0.3) is 0 Å². The number of unbranched alkanes of at least 4 members (excludes halogenated alkanes) is 15. The Labute approximate surface area is 259 Å². The summed E-state index contributed by atoms with van der Waals surface area (Å²) in [6.07, 6.45) is 22.2. The number of hydrogen-bond acceptors (Lipinski definition) is 8. The molecule has 0 spiro atoms. The van der Waals surface area contributed by atoms with Gasteiger partial charge in [-0.15, -0.1) is 0 Å². The molecule has 0 aromatic heterocycles. The van der Waals surface area contributed by atoms with Gasteiger partial charge >= 0.3 is 5.97 Å². The molecular formula is C34H68O8. The fourth-order valence-electron chi connectivity index (χ4n) is 4.41. The lowest BCUT2D eigenvalue weighted by molar-refractivity contribution is -0.145. The zero-order valence-corrected chi connectivity index (χ0v) is 27.7. The van der Waals surface area contributed by atoms with Gasteiger partial charge in [-0.1, -0.05) is 110 Å². The molecule has 252 valence electrons. The van der Waals surface area contributed by atoms with Crippen LogP contribution in [0.4, 0.5) is 0 Å². The second kappa shape index (κ2) is 38.3. The average Bonchev–Trinajstić information content (AvgIpc) is 3.00. The van der Waals surface area contributed by atoms with Crippen molar-refractivity contribution >= 4 is 5.97 Å². The molecule has 0 saturated heterocycles. The summed E-state index contributed by atoms with van der Waals surface area (Å²) in [4.78, 5) is 11.8. The van der Waals surface area contributed by atoms with Crippen molar-refractivity contribution in [1.82, 2.24) is 0 Å². The number of esters is 1. The minimum absolute atomic E-state index is 0.124. The molecule has 0 atom stereocenters. The van der Waals surface area contributed by atoms with Crippen LogP contribution in [-0.4, -0.2) is 91.9 Å². The van der Waals surface area contributed by atoms with Gasteiger partial charge < -0.3 is 33.2 Å². The lowest BCUT2D eigenvalue weighted by atomic mass is 10.1. The molecule has 0 rings (SSSR count). The van der Waals surface area contributed by atoms with Gasteiger partial charge in [-0.25, -0.2) is 0 Å². The highest BCUT2D eigenvalue weighted by atomic mass is 16.6. The largest absolute Gasteiger partial charge is 0.463 e. The van der Waals surface area contributed by atoms with E-state index in [0.717, 1.165) is 25.9 Å². The van der Waals surface area contributed by atoms with Crippen molar-refractivity contribution in [2.45, 2.75) is 129 Å². The molecule has 0 unspecified atom stereocenters. The molecule has 0 radical (unpaired) electrons. The number of ether oxygens (including phenoxy) is 7. The van der Waals surface area contributed by atoms with Crippen molar-refractivity contribution in [3.63, 3.8) is 0 Å². The summed E-state index contributed by atoms with van der Waals surface area (Å²) in [5.74, 6) is -0.124.